The highest BCUT2D eigenvalue weighted by molar-refractivity contribution is 5.25. The Kier molecular flexibility index (Phi) is 5.81. The molecule has 0 radical (unpaired) electrons. The molecule has 3 N–H and O–H groups in total. The van der Waals surface area contributed by atoms with E-state index in [1.54, 1.807) is 5.57 Å². The summed E-state index contributed by atoms with van der Waals surface area (Å²) < 4.78 is 0. The predicted octanol–water partition coefficient (Wildman–Crippen LogP) is 4.07. The van der Waals surface area contributed by atoms with E-state index >= 15 is 0 Å². The molecule has 0 aromatic heterocycles. The van der Waals surface area contributed by atoms with Gasteiger partial charge < -0.3 is 0 Å². The molecule has 1 atom stereocenters. The van der Waals surface area contributed by atoms with Gasteiger partial charge in [0.25, 0.3) is 0 Å². The normalized spacial score (nSPS) is 17.1. The highest BCUT2D eigenvalue weighted by atomic mass is 15.2. The molecular formula is C18H28N2. The number of hydrogen-bond donors (Lipinski definition) is 2. The molecule has 1 aromatic rings. The van der Waals surface area contributed by atoms with Gasteiger partial charge in [0.15, 0.2) is 0 Å². The summed E-state index contributed by atoms with van der Waals surface area (Å²) in [6, 6.07) is 9.33. The standard InChI is InChI=1S/C18H28N2/c1-14(2)17-10-8-16(9-11-17)13-18(20-19)12-15-6-4-3-5-7-15/h6,8-11,14,18,20H,3-5,7,12-13,19H2,1-2H3. The zero-order chi connectivity index (χ0) is 14.4. The van der Waals surface area contributed by atoms with Crippen molar-refractivity contribution in [2.24, 2.45) is 5.84 Å². The number of nitrogens with two attached hydrogens (primary N) is 1. The second-order valence-corrected chi connectivity index (χ2v) is 6.28. The topological polar surface area (TPSA) is 38.0 Å². The van der Waals surface area contributed by atoms with E-state index in [2.05, 4.69) is 49.6 Å². The molecule has 0 heterocycles. The van der Waals surface area contributed by atoms with E-state index in [0.717, 1.165) is 12.8 Å². The second kappa shape index (κ2) is 7.61. The molecule has 110 valence electrons. The first-order valence-corrected chi connectivity index (χ1v) is 7.92. The van der Waals surface area contributed by atoms with Gasteiger partial charge >= 0.3 is 0 Å². The minimum atomic E-state index is 0.351. The van der Waals surface area contributed by atoms with Crippen molar-refractivity contribution in [3.05, 3.63) is 47.0 Å². The van der Waals surface area contributed by atoms with Crippen LogP contribution in [0.5, 0.6) is 0 Å². The third-order valence-electron chi connectivity index (χ3n) is 4.26. The Bertz CT molecular complexity index is 431. The minimum absolute atomic E-state index is 0.351. The lowest BCUT2D eigenvalue weighted by Gasteiger charge is -2.20. The maximum atomic E-state index is 5.74. The number of benzene rings is 1. The molecule has 1 aliphatic carbocycles. The van der Waals surface area contributed by atoms with Crippen molar-refractivity contribution in [1.29, 1.82) is 0 Å². The van der Waals surface area contributed by atoms with Gasteiger partial charge in [-0.1, -0.05) is 49.8 Å². The van der Waals surface area contributed by atoms with E-state index < -0.39 is 0 Å². The zero-order valence-electron chi connectivity index (χ0n) is 12.9. The van der Waals surface area contributed by atoms with Gasteiger partial charge in [0, 0.05) is 6.04 Å². The third kappa shape index (κ3) is 4.46. The van der Waals surface area contributed by atoms with Crippen molar-refractivity contribution in [2.45, 2.75) is 64.3 Å². The molecule has 2 nitrogen and oxygen atoms in total. The summed E-state index contributed by atoms with van der Waals surface area (Å²) in [6.45, 7) is 4.46. The Labute approximate surface area is 123 Å². The highest BCUT2D eigenvalue weighted by Crippen LogP contribution is 2.23. The number of hydrazine groups is 1. The number of nitrogens with one attached hydrogen (secondary N) is 1. The molecule has 20 heavy (non-hydrogen) atoms. The predicted molar refractivity (Wildman–Crippen MR) is 86.5 cm³/mol. The maximum absolute atomic E-state index is 5.74. The highest BCUT2D eigenvalue weighted by Gasteiger charge is 2.12. The van der Waals surface area contributed by atoms with E-state index in [1.165, 1.54) is 36.8 Å². The quantitative estimate of drug-likeness (QED) is 0.465. The van der Waals surface area contributed by atoms with Gasteiger partial charge in [-0.2, -0.15) is 0 Å². The smallest absolute Gasteiger partial charge is 0.0288 e. The first kappa shape index (κ1) is 15.3. The van der Waals surface area contributed by atoms with Crippen molar-refractivity contribution < 1.29 is 0 Å². The van der Waals surface area contributed by atoms with Gasteiger partial charge in [-0.15, -0.1) is 0 Å². The Morgan fingerprint density at radius 1 is 1.10 bits per heavy atom. The van der Waals surface area contributed by atoms with Crippen LogP contribution < -0.4 is 11.3 Å². The van der Waals surface area contributed by atoms with Crippen LogP contribution in [-0.2, 0) is 6.42 Å². The molecule has 1 aromatic carbocycles. The van der Waals surface area contributed by atoms with Crippen LogP contribution in [0.15, 0.2) is 35.9 Å². The molecule has 1 unspecified atom stereocenters. The number of hydrogen-bond acceptors (Lipinski definition) is 2. The molecule has 0 saturated carbocycles. The molecule has 2 rings (SSSR count). The van der Waals surface area contributed by atoms with Crippen molar-refractivity contribution in [3.63, 3.8) is 0 Å². The first-order chi connectivity index (χ1) is 9.69. The molecule has 2 heteroatoms. The summed E-state index contributed by atoms with van der Waals surface area (Å²) >= 11 is 0. The SMILES string of the molecule is CC(C)c1ccc(CC(CC2=CCCCC2)NN)cc1. The average Bonchev–Trinajstić information content (AvgIpc) is 2.48. The molecular weight excluding hydrogens is 244 g/mol. The lowest BCUT2D eigenvalue weighted by Crippen LogP contribution is -2.37. The first-order valence-electron chi connectivity index (χ1n) is 7.92. The van der Waals surface area contributed by atoms with Crippen LogP contribution in [0.1, 0.15) is 63.0 Å². The summed E-state index contributed by atoms with van der Waals surface area (Å²) in [5, 5.41) is 0. The van der Waals surface area contributed by atoms with Crippen LogP contribution in [0.2, 0.25) is 0 Å². The van der Waals surface area contributed by atoms with Gasteiger partial charge in [-0.25, -0.2) is 0 Å². The third-order valence-corrected chi connectivity index (χ3v) is 4.26. The van der Waals surface area contributed by atoms with Gasteiger partial charge in [0.2, 0.25) is 0 Å². The van der Waals surface area contributed by atoms with Gasteiger partial charge in [0.1, 0.15) is 0 Å². The summed E-state index contributed by atoms with van der Waals surface area (Å²) in [4.78, 5) is 0. The van der Waals surface area contributed by atoms with Crippen LogP contribution in [0, 0.1) is 0 Å². The van der Waals surface area contributed by atoms with Crippen LogP contribution in [0.4, 0.5) is 0 Å². The molecule has 0 spiro atoms. The fraction of sp³-hybridized carbons (Fsp3) is 0.556. The summed E-state index contributed by atoms with van der Waals surface area (Å²) in [7, 11) is 0. The maximum Gasteiger partial charge on any atom is 0.0288 e. The van der Waals surface area contributed by atoms with Crippen molar-refractivity contribution in [1.82, 2.24) is 5.43 Å². The van der Waals surface area contributed by atoms with E-state index in [0.29, 0.717) is 12.0 Å². The zero-order valence-corrected chi connectivity index (χ0v) is 12.9. The monoisotopic (exact) mass is 272 g/mol. The lowest BCUT2D eigenvalue weighted by atomic mass is 9.91. The average molecular weight is 272 g/mol. The van der Waals surface area contributed by atoms with E-state index in [-0.39, 0.29) is 0 Å². The Balaban J connectivity index is 1.93. The number of allylic oxidation sites excluding steroid dienone is 1. The van der Waals surface area contributed by atoms with Crippen molar-refractivity contribution in [2.75, 3.05) is 0 Å². The Morgan fingerprint density at radius 3 is 2.40 bits per heavy atom. The second-order valence-electron chi connectivity index (χ2n) is 6.28. The van der Waals surface area contributed by atoms with Gasteiger partial charge in [-0.05, 0) is 55.6 Å². The van der Waals surface area contributed by atoms with Gasteiger partial charge in [0.05, 0.1) is 0 Å². The van der Waals surface area contributed by atoms with Crippen molar-refractivity contribution in [3.8, 4) is 0 Å². The van der Waals surface area contributed by atoms with E-state index in [1.807, 2.05) is 0 Å². The summed E-state index contributed by atoms with van der Waals surface area (Å²) in [5.74, 6) is 6.34. The van der Waals surface area contributed by atoms with Crippen LogP contribution in [0.25, 0.3) is 0 Å². The summed E-state index contributed by atoms with van der Waals surface area (Å²) in [5.41, 5.74) is 7.35. The van der Waals surface area contributed by atoms with E-state index in [4.69, 9.17) is 5.84 Å². The molecule has 0 fully saturated rings. The Morgan fingerprint density at radius 2 is 1.85 bits per heavy atom. The lowest BCUT2D eigenvalue weighted by molar-refractivity contribution is 0.504. The largest absolute Gasteiger partial charge is 0.271 e. The van der Waals surface area contributed by atoms with Crippen LogP contribution >= 0.6 is 0 Å². The molecule has 0 amide bonds. The van der Waals surface area contributed by atoms with Gasteiger partial charge in [-0.3, -0.25) is 11.3 Å². The fourth-order valence-electron chi connectivity index (χ4n) is 2.92. The Hall–Kier alpha value is -1.12. The minimum Gasteiger partial charge on any atom is -0.271 e. The molecule has 1 aliphatic rings. The number of rotatable bonds is 6. The summed E-state index contributed by atoms with van der Waals surface area (Å²) in [6.07, 6.45) is 9.69. The molecule has 0 saturated heterocycles. The van der Waals surface area contributed by atoms with Crippen molar-refractivity contribution >= 4 is 0 Å². The van der Waals surface area contributed by atoms with E-state index in [9.17, 15) is 0 Å². The van der Waals surface area contributed by atoms with Crippen LogP contribution in [0.3, 0.4) is 0 Å². The molecule has 0 aliphatic heterocycles. The van der Waals surface area contributed by atoms with Crippen LogP contribution in [-0.4, -0.2) is 6.04 Å². The fourth-order valence-corrected chi connectivity index (χ4v) is 2.92. The molecule has 0 bridgehead atoms.